The molecule has 3 aromatic heterocycles. The van der Waals surface area contributed by atoms with Gasteiger partial charge in [-0.25, -0.2) is 14.5 Å². The lowest BCUT2D eigenvalue weighted by atomic mass is 10.1. The summed E-state index contributed by atoms with van der Waals surface area (Å²) >= 11 is 1.67. The average Bonchev–Trinajstić information content (AvgIpc) is 3.19. The second kappa shape index (κ2) is 5.81. The zero-order valence-electron chi connectivity index (χ0n) is 13.4. The Balaban J connectivity index is 1.37. The van der Waals surface area contributed by atoms with Gasteiger partial charge in [-0.1, -0.05) is 11.3 Å². The number of rotatable bonds is 4. The van der Waals surface area contributed by atoms with Crippen molar-refractivity contribution in [2.45, 2.75) is 20.3 Å². The molecule has 1 fully saturated rings. The molecule has 4 rings (SSSR count). The molecule has 0 saturated carbocycles. The van der Waals surface area contributed by atoms with Gasteiger partial charge in [-0.15, -0.1) is 5.10 Å². The molecular weight excluding hydrogens is 308 g/mol. The average molecular weight is 328 g/mol. The fraction of sp³-hybridized carbons (Fsp3) is 0.438. The van der Waals surface area contributed by atoms with Crippen LogP contribution in [0.2, 0.25) is 0 Å². The Morgan fingerprint density at radius 3 is 3.13 bits per heavy atom. The molecule has 1 N–H and O–H groups in total. The van der Waals surface area contributed by atoms with Crippen molar-refractivity contribution in [2.24, 2.45) is 5.92 Å². The third kappa shape index (κ3) is 3.01. The van der Waals surface area contributed by atoms with Crippen LogP contribution in [0.5, 0.6) is 0 Å². The molecule has 7 heteroatoms. The molecule has 1 saturated heterocycles. The molecule has 3 aromatic rings. The van der Waals surface area contributed by atoms with Crippen molar-refractivity contribution in [3.63, 3.8) is 0 Å². The maximum Gasteiger partial charge on any atom is 0.214 e. The number of aromatic nitrogens is 4. The summed E-state index contributed by atoms with van der Waals surface area (Å²) in [6.45, 7) is 7.13. The van der Waals surface area contributed by atoms with E-state index in [9.17, 15) is 0 Å². The Labute approximate surface area is 139 Å². The fourth-order valence-electron chi connectivity index (χ4n) is 2.98. The fourth-order valence-corrected chi connectivity index (χ4v) is 3.94. The van der Waals surface area contributed by atoms with Crippen molar-refractivity contribution < 1.29 is 0 Å². The van der Waals surface area contributed by atoms with Crippen LogP contribution in [0.25, 0.3) is 4.96 Å². The minimum absolute atomic E-state index is 0.621. The summed E-state index contributed by atoms with van der Waals surface area (Å²) in [5.41, 5.74) is 2.25. The first-order chi connectivity index (χ1) is 11.2. The Morgan fingerprint density at radius 2 is 2.30 bits per heavy atom. The van der Waals surface area contributed by atoms with Gasteiger partial charge in [-0.3, -0.25) is 0 Å². The second-order valence-electron chi connectivity index (χ2n) is 6.19. The minimum atomic E-state index is 0.621. The zero-order chi connectivity index (χ0) is 15.8. The van der Waals surface area contributed by atoms with Gasteiger partial charge in [0.15, 0.2) is 0 Å². The van der Waals surface area contributed by atoms with Crippen LogP contribution in [0, 0.1) is 19.8 Å². The van der Waals surface area contributed by atoms with Gasteiger partial charge in [0.2, 0.25) is 10.1 Å². The lowest BCUT2D eigenvalue weighted by Crippen LogP contribution is -2.22. The lowest BCUT2D eigenvalue weighted by Gasteiger charge is -2.15. The smallest absolute Gasteiger partial charge is 0.214 e. The lowest BCUT2D eigenvalue weighted by molar-refractivity contribution is 0.621. The highest BCUT2D eigenvalue weighted by molar-refractivity contribution is 7.20. The van der Waals surface area contributed by atoms with E-state index in [4.69, 9.17) is 0 Å². The van der Waals surface area contributed by atoms with E-state index in [-0.39, 0.29) is 0 Å². The first-order valence-electron chi connectivity index (χ1n) is 7.92. The predicted molar refractivity (Wildman–Crippen MR) is 93.4 cm³/mol. The molecule has 120 valence electrons. The van der Waals surface area contributed by atoms with Gasteiger partial charge in [0.25, 0.3) is 0 Å². The molecule has 23 heavy (non-hydrogen) atoms. The number of hydrogen-bond acceptors (Lipinski definition) is 6. The number of pyridine rings is 1. The highest BCUT2D eigenvalue weighted by Gasteiger charge is 2.25. The van der Waals surface area contributed by atoms with Crippen molar-refractivity contribution in [1.29, 1.82) is 0 Å². The molecular formula is C16H20N6S. The van der Waals surface area contributed by atoms with Gasteiger partial charge < -0.3 is 10.2 Å². The monoisotopic (exact) mass is 328 g/mol. The largest absolute Gasteiger partial charge is 0.370 e. The van der Waals surface area contributed by atoms with Crippen molar-refractivity contribution in [1.82, 2.24) is 19.6 Å². The number of anilines is 2. The van der Waals surface area contributed by atoms with Gasteiger partial charge in [0.05, 0.1) is 11.9 Å². The minimum Gasteiger partial charge on any atom is -0.370 e. The normalized spacial score (nSPS) is 18.0. The molecule has 0 amide bonds. The number of aryl methyl sites for hydroxylation is 2. The van der Waals surface area contributed by atoms with Gasteiger partial charge in [-0.2, -0.15) is 0 Å². The van der Waals surface area contributed by atoms with Crippen LogP contribution in [0.3, 0.4) is 0 Å². The van der Waals surface area contributed by atoms with Gasteiger partial charge in [0, 0.05) is 25.8 Å². The molecule has 0 bridgehead atoms. The van der Waals surface area contributed by atoms with Crippen molar-refractivity contribution in [2.75, 3.05) is 29.9 Å². The highest BCUT2D eigenvalue weighted by atomic mass is 32.1. The van der Waals surface area contributed by atoms with E-state index in [0.717, 1.165) is 41.2 Å². The summed E-state index contributed by atoms with van der Waals surface area (Å²) < 4.78 is 1.89. The third-order valence-corrected chi connectivity index (χ3v) is 5.18. The zero-order valence-corrected chi connectivity index (χ0v) is 14.2. The van der Waals surface area contributed by atoms with Gasteiger partial charge >= 0.3 is 0 Å². The molecule has 4 heterocycles. The molecule has 0 spiro atoms. The van der Waals surface area contributed by atoms with Gasteiger partial charge in [0.1, 0.15) is 5.82 Å². The summed E-state index contributed by atoms with van der Waals surface area (Å²) in [7, 11) is 0. The number of fused-ring (bicyclic) bond motifs is 1. The molecule has 1 atom stereocenters. The number of imidazole rings is 1. The summed E-state index contributed by atoms with van der Waals surface area (Å²) in [6, 6.07) is 4.11. The first-order valence-corrected chi connectivity index (χ1v) is 8.73. The van der Waals surface area contributed by atoms with Crippen LogP contribution in [0.4, 0.5) is 10.9 Å². The van der Waals surface area contributed by atoms with Crippen molar-refractivity contribution in [3.8, 4) is 0 Å². The number of hydrogen-bond donors (Lipinski definition) is 1. The van der Waals surface area contributed by atoms with Crippen LogP contribution in [0.15, 0.2) is 24.5 Å². The first kappa shape index (κ1) is 14.4. The summed E-state index contributed by atoms with van der Waals surface area (Å²) in [6.07, 6.45) is 5.01. The molecule has 0 aromatic carbocycles. The van der Waals surface area contributed by atoms with Crippen LogP contribution < -0.4 is 10.2 Å². The second-order valence-corrected chi connectivity index (χ2v) is 7.13. The predicted octanol–water partition coefficient (Wildman–Crippen LogP) is 2.74. The number of nitrogens with zero attached hydrogens (tertiary/aromatic N) is 5. The van der Waals surface area contributed by atoms with E-state index < -0.39 is 0 Å². The van der Waals surface area contributed by atoms with Crippen LogP contribution in [-0.4, -0.2) is 39.2 Å². The quantitative estimate of drug-likeness (QED) is 0.798. The SMILES string of the molecule is Cc1ccnc(NCC2CCN(c3nn4cc(C)nc4s3)C2)c1. The standard InChI is InChI=1S/C16H20N6S/c1-11-3-5-17-14(7-11)18-8-13-4-6-21(10-13)16-20-22-9-12(2)19-15(22)23-16/h3,5,7,9,13H,4,6,8,10H2,1-2H3,(H,17,18). The van der Waals surface area contributed by atoms with Crippen LogP contribution >= 0.6 is 11.3 Å². The van der Waals surface area contributed by atoms with E-state index >= 15 is 0 Å². The van der Waals surface area contributed by atoms with Crippen LogP contribution in [0.1, 0.15) is 17.7 Å². The molecule has 0 aliphatic carbocycles. The Morgan fingerprint density at radius 1 is 1.39 bits per heavy atom. The van der Waals surface area contributed by atoms with E-state index in [2.05, 4.69) is 38.3 Å². The Hall–Kier alpha value is -2.15. The maximum absolute atomic E-state index is 4.65. The van der Waals surface area contributed by atoms with E-state index in [1.54, 1.807) is 11.3 Å². The third-order valence-electron chi connectivity index (χ3n) is 4.20. The van der Waals surface area contributed by atoms with Gasteiger partial charge in [-0.05, 0) is 43.9 Å². The van der Waals surface area contributed by atoms with E-state index in [0.29, 0.717) is 5.92 Å². The van der Waals surface area contributed by atoms with Crippen LogP contribution in [-0.2, 0) is 0 Å². The summed E-state index contributed by atoms with van der Waals surface area (Å²) in [5.74, 6) is 1.59. The molecule has 1 aliphatic rings. The summed E-state index contributed by atoms with van der Waals surface area (Å²) in [4.78, 5) is 12.2. The molecule has 6 nitrogen and oxygen atoms in total. The number of nitrogens with one attached hydrogen (secondary N) is 1. The maximum atomic E-state index is 4.65. The van der Waals surface area contributed by atoms with E-state index in [1.165, 1.54) is 12.0 Å². The summed E-state index contributed by atoms with van der Waals surface area (Å²) in [5, 5.41) is 9.17. The Bertz CT molecular complexity index is 791. The van der Waals surface area contributed by atoms with Crippen molar-refractivity contribution >= 4 is 27.2 Å². The van der Waals surface area contributed by atoms with Crippen molar-refractivity contribution in [3.05, 3.63) is 35.8 Å². The topological polar surface area (TPSA) is 58.4 Å². The molecule has 1 aliphatic heterocycles. The molecule has 1 unspecified atom stereocenters. The molecule has 0 radical (unpaired) electrons. The Kier molecular flexibility index (Phi) is 3.65. The highest BCUT2D eigenvalue weighted by Crippen LogP contribution is 2.28. The van der Waals surface area contributed by atoms with E-state index in [1.807, 2.05) is 29.9 Å².